The first-order valence-electron chi connectivity index (χ1n) is 4.08. The topological polar surface area (TPSA) is 56.7 Å². The Bertz CT molecular complexity index is 427. The van der Waals surface area contributed by atoms with Crippen molar-refractivity contribution in [1.82, 2.24) is 14.8 Å². The van der Waals surface area contributed by atoms with Gasteiger partial charge in [0.25, 0.3) is 0 Å². The molecule has 0 saturated heterocycles. The summed E-state index contributed by atoms with van der Waals surface area (Å²) >= 11 is 3.32. The van der Waals surface area contributed by atoms with Gasteiger partial charge in [0.1, 0.15) is 11.5 Å². The number of aromatic nitrogens is 3. The molecule has 0 saturated carbocycles. The van der Waals surface area contributed by atoms with Gasteiger partial charge in [-0.2, -0.15) is 5.10 Å². The van der Waals surface area contributed by atoms with Crippen molar-refractivity contribution in [3.8, 4) is 11.4 Å². The van der Waals surface area contributed by atoms with Crippen LogP contribution in [0.25, 0.3) is 11.4 Å². The Morgan fingerprint density at radius 1 is 1.36 bits per heavy atom. The molecule has 2 heterocycles. The second-order valence-electron chi connectivity index (χ2n) is 2.94. The normalized spacial score (nSPS) is 10.4. The lowest BCUT2D eigenvalue weighted by molar-refractivity contribution is 0.781. The van der Waals surface area contributed by atoms with Crippen LogP contribution in [0, 0.1) is 0 Å². The van der Waals surface area contributed by atoms with Gasteiger partial charge in [0.2, 0.25) is 0 Å². The largest absolute Gasteiger partial charge is 0.384 e. The van der Waals surface area contributed by atoms with Crippen LogP contribution in [-0.2, 0) is 7.05 Å². The summed E-state index contributed by atoms with van der Waals surface area (Å²) in [5, 5.41) is 4.22. The smallest absolute Gasteiger partial charge is 0.122 e. The molecule has 5 heteroatoms. The fourth-order valence-corrected chi connectivity index (χ4v) is 1.37. The maximum Gasteiger partial charge on any atom is 0.122 e. The number of nitrogen functional groups attached to an aromatic ring is 1. The summed E-state index contributed by atoms with van der Waals surface area (Å²) in [5.41, 5.74) is 7.28. The van der Waals surface area contributed by atoms with Gasteiger partial charge in [-0.05, 0) is 28.1 Å². The monoisotopic (exact) mass is 252 g/mol. The average Bonchev–Trinajstić information content (AvgIpc) is 2.48. The van der Waals surface area contributed by atoms with E-state index in [-0.39, 0.29) is 0 Å². The number of hydrogen-bond donors (Lipinski definition) is 1. The first-order valence-corrected chi connectivity index (χ1v) is 4.87. The molecule has 0 radical (unpaired) electrons. The molecule has 0 aliphatic carbocycles. The van der Waals surface area contributed by atoms with E-state index in [0.717, 1.165) is 15.9 Å². The molecule has 2 rings (SSSR count). The average molecular weight is 253 g/mol. The predicted octanol–water partition coefficient (Wildman–Crippen LogP) is 1.83. The number of pyridine rings is 1. The van der Waals surface area contributed by atoms with Crippen LogP contribution in [0.2, 0.25) is 0 Å². The van der Waals surface area contributed by atoms with Crippen molar-refractivity contribution in [1.29, 1.82) is 0 Å². The van der Waals surface area contributed by atoms with Crippen LogP contribution >= 0.6 is 15.9 Å². The van der Waals surface area contributed by atoms with E-state index in [0.29, 0.717) is 5.82 Å². The zero-order valence-electron chi connectivity index (χ0n) is 7.61. The molecule has 2 aromatic rings. The highest BCUT2D eigenvalue weighted by molar-refractivity contribution is 9.10. The first kappa shape index (κ1) is 9.21. The molecule has 0 spiro atoms. The number of aryl methyl sites for hydroxylation is 1. The lowest BCUT2D eigenvalue weighted by Crippen LogP contribution is -1.96. The lowest BCUT2D eigenvalue weighted by atomic mass is 10.3. The SMILES string of the molecule is Cn1nc(-c2ccc(Br)cn2)cc1N. The van der Waals surface area contributed by atoms with Gasteiger partial charge < -0.3 is 5.73 Å². The molecule has 0 unspecified atom stereocenters. The van der Waals surface area contributed by atoms with Crippen molar-refractivity contribution in [3.63, 3.8) is 0 Å². The van der Waals surface area contributed by atoms with E-state index in [4.69, 9.17) is 5.73 Å². The van der Waals surface area contributed by atoms with E-state index in [1.54, 1.807) is 24.0 Å². The van der Waals surface area contributed by atoms with E-state index in [9.17, 15) is 0 Å². The van der Waals surface area contributed by atoms with Crippen molar-refractivity contribution in [3.05, 3.63) is 28.9 Å². The second kappa shape index (κ2) is 3.42. The van der Waals surface area contributed by atoms with Crippen molar-refractivity contribution < 1.29 is 0 Å². The minimum Gasteiger partial charge on any atom is -0.384 e. The molecular formula is C9H9BrN4. The van der Waals surface area contributed by atoms with Gasteiger partial charge in [-0.15, -0.1) is 0 Å². The summed E-state index contributed by atoms with van der Waals surface area (Å²) < 4.78 is 2.57. The third kappa shape index (κ3) is 1.63. The van der Waals surface area contributed by atoms with Crippen LogP contribution in [0.5, 0.6) is 0 Å². The lowest BCUT2D eigenvalue weighted by Gasteiger charge is -1.94. The number of anilines is 1. The molecule has 14 heavy (non-hydrogen) atoms. The van der Waals surface area contributed by atoms with Gasteiger partial charge in [0.05, 0.1) is 5.69 Å². The summed E-state index contributed by atoms with van der Waals surface area (Å²) in [6.45, 7) is 0. The molecule has 0 aromatic carbocycles. The van der Waals surface area contributed by atoms with Gasteiger partial charge in [0, 0.05) is 23.8 Å². The van der Waals surface area contributed by atoms with Crippen molar-refractivity contribution in [2.24, 2.45) is 7.05 Å². The minimum absolute atomic E-state index is 0.629. The minimum atomic E-state index is 0.629. The molecule has 4 nitrogen and oxygen atoms in total. The summed E-state index contributed by atoms with van der Waals surface area (Å²) in [6.07, 6.45) is 1.74. The maximum atomic E-state index is 5.67. The standard InChI is InChI=1S/C9H9BrN4/c1-14-9(11)4-8(13-14)7-3-2-6(10)5-12-7/h2-5H,11H2,1H3. The fourth-order valence-electron chi connectivity index (χ4n) is 1.13. The van der Waals surface area contributed by atoms with Crippen LogP contribution < -0.4 is 5.73 Å². The quantitative estimate of drug-likeness (QED) is 0.843. The number of nitrogens with two attached hydrogens (primary N) is 1. The van der Waals surface area contributed by atoms with Crippen LogP contribution in [0.15, 0.2) is 28.9 Å². The number of hydrogen-bond acceptors (Lipinski definition) is 3. The van der Waals surface area contributed by atoms with E-state index in [2.05, 4.69) is 26.0 Å². The third-order valence-electron chi connectivity index (χ3n) is 1.91. The van der Waals surface area contributed by atoms with Crippen LogP contribution in [0.1, 0.15) is 0 Å². The van der Waals surface area contributed by atoms with E-state index < -0.39 is 0 Å². The molecular weight excluding hydrogens is 244 g/mol. The molecule has 0 aliphatic heterocycles. The Morgan fingerprint density at radius 3 is 2.64 bits per heavy atom. The molecule has 0 aliphatic rings. The van der Waals surface area contributed by atoms with Crippen LogP contribution in [-0.4, -0.2) is 14.8 Å². The Balaban J connectivity index is 2.44. The Labute approximate surface area is 89.9 Å². The van der Waals surface area contributed by atoms with Gasteiger partial charge in [0.15, 0.2) is 0 Å². The molecule has 0 atom stereocenters. The molecule has 0 fully saturated rings. The highest BCUT2D eigenvalue weighted by Crippen LogP contribution is 2.18. The van der Waals surface area contributed by atoms with Crippen molar-refractivity contribution in [2.45, 2.75) is 0 Å². The Kier molecular flexibility index (Phi) is 2.25. The van der Waals surface area contributed by atoms with Crippen LogP contribution in [0.3, 0.4) is 0 Å². The van der Waals surface area contributed by atoms with Gasteiger partial charge >= 0.3 is 0 Å². The number of nitrogens with zero attached hydrogens (tertiary/aromatic N) is 3. The number of rotatable bonds is 1. The second-order valence-corrected chi connectivity index (χ2v) is 3.86. The summed E-state index contributed by atoms with van der Waals surface area (Å²) in [7, 11) is 1.80. The molecule has 0 amide bonds. The Hall–Kier alpha value is -1.36. The van der Waals surface area contributed by atoms with Crippen LogP contribution in [0.4, 0.5) is 5.82 Å². The zero-order chi connectivity index (χ0) is 10.1. The van der Waals surface area contributed by atoms with Gasteiger partial charge in [-0.25, -0.2) is 0 Å². The molecule has 2 aromatic heterocycles. The molecule has 72 valence electrons. The maximum absolute atomic E-state index is 5.67. The van der Waals surface area contributed by atoms with Crippen molar-refractivity contribution >= 4 is 21.7 Å². The fraction of sp³-hybridized carbons (Fsp3) is 0.111. The van der Waals surface area contributed by atoms with Gasteiger partial charge in [-0.1, -0.05) is 0 Å². The zero-order valence-corrected chi connectivity index (χ0v) is 9.19. The highest BCUT2D eigenvalue weighted by atomic mass is 79.9. The van der Waals surface area contributed by atoms with E-state index >= 15 is 0 Å². The third-order valence-corrected chi connectivity index (χ3v) is 2.37. The number of halogens is 1. The van der Waals surface area contributed by atoms with E-state index in [1.807, 2.05) is 12.1 Å². The summed E-state index contributed by atoms with van der Waals surface area (Å²) in [5.74, 6) is 0.629. The summed E-state index contributed by atoms with van der Waals surface area (Å²) in [6, 6.07) is 5.62. The molecule has 0 bridgehead atoms. The van der Waals surface area contributed by atoms with Crippen molar-refractivity contribution in [2.75, 3.05) is 5.73 Å². The highest BCUT2D eigenvalue weighted by Gasteiger charge is 2.05. The Morgan fingerprint density at radius 2 is 2.14 bits per heavy atom. The first-order chi connectivity index (χ1) is 6.66. The van der Waals surface area contributed by atoms with E-state index in [1.165, 1.54) is 0 Å². The summed E-state index contributed by atoms with van der Waals surface area (Å²) in [4.78, 5) is 4.22. The molecule has 2 N–H and O–H groups in total. The predicted molar refractivity (Wildman–Crippen MR) is 58.6 cm³/mol. The van der Waals surface area contributed by atoms with Gasteiger partial charge in [-0.3, -0.25) is 9.67 Å².